The van der Waals surface area contributed by atoms with Crippen LogP contribution >= 0.6 is 0 Å². The van der Waals surface area contributed by atoms with Gasteiger partial charge in [-0.3, -0.25) is 0 Å². The van der Waals surface area contributed by atoms with Crippen molar-refractivity contribution < 1.29 is 0 Å². The highest BCUT2D eigenvalue weighted by atomic mass is 15.1. The molecule has 1 aromatic carbocycles. The summed E-state index contributed by atoms with van der Waals surface area (Å²) in [7, 11) is 0. The van der Waals surface area contributed by atoms with E-state index < -0.39 is 0 Å². The summed E-state index contributed by atoms with van der Waals surface area (Å²) in [5.41, 5.74) is 2.97. The van der Waals surface area contributed by atoms with Crippen molar-refractivity contribution in [2.24, 2.45) is 0 Å². The molecule has 0 bridgehead atoms. The van der Waals surface area contributed by atoms with Gasteiger partial charge in [0.15, 0.2) is 0 Å². The topological polar surface area (TPSA) is 3.24 Å². The van der Waals surface area contributed by atoms with Crippen molar-refractivity contribution in [2.75, 3.05) is 19.6 Å². The minimum atomic E-state index is 1.24. The van der Waals surface area contributed by atoms with Gasteiger partial charge >= 0.3 is 0 Å². The summed E-state index contributed by atoms with van der Waals surface area (Å²) in [5, 5.41) is 0. The first-order valence-electron chi connectivity index (χ1n) is 6.13. The third-order valence-electron chi connectivity index (χ3n) is 3.38. The van der Waals surface area contributed by atoms with Crippen molar-refractivity contribution in [3.8, 4) is 0 Å². The van der Waals surface area contributed by atoms with Crippen molar-refractivity contribution in [3.05, 3.63) is 35.4 Å². The SMILES string of the molecule is Cc1ccccc1CCCN1CCCC1. The van der Waals surface area contributed by atoms with Gasteiger partial charge in [-0.25, -0.2) is 0 Å². The van der Waals surface area contributed by atoms with Crippen LogP contribution in [0.4, 0.5) is 0 Å². The molecule has 1 saturated heterocycles. The van der Waals surface area contributed by atoms with E-state index in [0.29, 0.717) is 0 Å². The fraction of sp³-hybridized carbons (Fsp3) is 0.571. The Morgan fingerprint density at radius 3 is 2.60 bits per heavy atom. The molecule has 0 amide bonds. The van der Waals surface area contributed by atoms with Crippen LogP contribution in [0.1, 0.15) is 30.4 Å². The molecule has 1 aromatic rings. The number of aryl methyl sites for hydroxylation is 2. The Hall–Kier alpha value is -0.820. The summed E-state index contributed by atoms with van der Waals surface area (Å²) < 4.78 is 0. The van der Waals surface area contributed by atoms with Gasteiger partial charge in [-0.2, -0.15) is 0 Å². The molecule has 1 fully saturated rings. The molecule has 0 unspecified atom stereocenters. The van der Waals surface area contributed by atoms with Crippen LogP contribution in [0.5, 0.6) is 0 Å². The van der Waals surface area contributed by atoms with E-state index in [1.165, 1.54) is 56.4 Å². The monoisotopic (exact) mass is 203 g/mol. The predicted molar refractivity (Wildman–Crippen MR) is 65.2 cm³/mol. The predicted octanol–water partition coefficient (Wildman–Crippen LogP) is 3.02. The third kappa shape index (κ3) is 3.07. The Morgan fingerprint density at radius 1 is 1.13 bits per heavy atom. The van der Waals surface area contributed by atoms with Gasteiger partial charge in [0, 0.05) is 0 Å². The van der Waals surface area contributed by atoms with E-state index in [2.05, 4.69) is 36.1 Å². The highest BCUT2D eigenvalue weighted by Gasteiger charge is 2.10. The summed E-state index contributed by atoms with van der Waals surface area (Å²) in [5.74, 6) is 0. The number of benzene rings is 1. The summed E-state index contributed by atoms with van der Waals surface area (Å²) in [6.07, 6.45) is 5.36. The fourth-order valence-corrected chi connectivity index (χ4v) is 2.39. The van der Waals surface area contributed by atoms with E-state index >= 15 is 0 Å². The van der Waals surface area contributed by atoms with Gasteiger partial charge in [0.1, 0.15) is 0 Å². The van der Waals surface area contributed by atoms with Gasteiger partial charge < -0.3 is 4.90 Å². The van der Waals surface area contributed by atoms with E-state index in [1.807, 2.05) is 0 Å². The van der Waals surface area contributed by atoms with Gasteiger partial charge in [0.2, 0.25) is 0 Å². The van der Waals surface area contributed by atoms with Crippen LogP contribution in [0, 0.1) is 6.92 Å². The molecule has 1 aliphatic rings. The van der Waals surface area contributed by atoms with Gasteiger partial charge in [0.05, 0.1) is 0 Å². The molecule has 15 heavy (non-hydrogen) atoms. The molecule has 0 atom stereocenters. The molecule has 2 rings (SSSR count). The Morgan fingerprint density at radius 2 is 1.87 bits per heavy atom. The maximum Gasteiger partial charge on any atom is -0.00156 e. The van der Waals surface area contributed by atoms with E-state index in [0.717, 1.165) is 0 Å². The van der Waals surface area contributed by atoms with Gasteiger partial charge in [-0.15, -0.1) is 0 Å². The van der Waals surface area contributed by atoms with Gasteiger partial charge in [0.25, 0.3) is 0 Å². The normalized spacial score (nSPS) is 17.1. The fourth-order valence-electron chi connectivity index (χ4n) is 2.39. The molecule has 0 saturated carbocycles. The standard InChI is InChI=1S/C14H21N/c1-13-7-2-3-8-14(13)9-6-12-15-10-4-5-11-15/h2-3,7-8H,4-6,9-12H2,1H3. The first kappa shape index (κ1) is 10.7. The van der Waals surface area contributed by atoms with Crippen molar-refractivity contribution in [1.82, 2.24) is 4.90 Å². The van der Waals surface area contributed by atoms with Crippen LogP contribution in [-0.4, -0.2) is 24.5 Å². The Bertz CT molecular complexity index is 300. The van der Waals surface area contributed by atoms with Crippen molar-refractivity contribution in [3.63, 3.8) is 0 Å². The highest BCUT2D eigenvalue weighted by Crippen LogP contribution is 2.12. The van der Waals surface area contributed by atoms with E-state index in [1.54, 1.807) is 0 Å². The smallest absolute Gasteiger partial charge is 0.00156 e. The molecule has 0 radical (unpaired) electrons. The second kappa shape index (κ2) is 5.32. The Kier molecular flexibility index (Phi) is 3.79. The van der Waals surface area contributed by atoms with E-state index in [-0.39, 0.29) is 0 Å². The lowest BCUT2D eigenvalue weighted by Crippen LogP contribution is -2.20. The maximum absolute atomic E-state index is 2.60. The van der Waals surface area contributed by atoms with Crippen LogP contribution in [0.15, 0.2) is 24.3 Å². The summed E-state index contributed by atoms with van der Waals surface area (Å²) in [6.45, 7) is 6.15. The molecule has 82 valence electrons. The van der Waals surface area contributed by atoms with Crippen LogP contribution in [0.2, 0.25) is 0 Å². The van der Waals surface area contributed by atoms with E-state index in [4.69, 9.17) is 0 Å². The number of hydrogen-bond donors (Lipinski definition) is 0. The van der Waals surface area contributed by atoms with Gasteiger partial charge in [-0.05, 0) is 63.4 Å². The quantitative estimate of drug-likeness (QED) is 0.727. The lowest BCUT2D eigenvalue weighted by Gasteiger charge is -2.14. The number of likely N-dealkylation sites (tertiary alicyclic amines) is 1. The van der Waals surface area contributed by atoms with Crippen LogP contribution in [-0.2, 0) is 6.42 Å². The lowest BCUT2D eigenvalue weighted by atomic mass is 10.0. The van der Waals surface area contributed by atoms with E-state index in [9.17, 15) is 0 Å². The van der Waals surface area contributed by atoms with Crippen molar-refractivity contribution in [1.29, 1.82) is 0 Å². The second-order valence-corrected chi connectivity index (χ2v) is 4.58. The van der Waals surface area contributed by atoms with Crippen molar-refractivity contribution >= 4 is 0 Å². The first-order valence-corrected chi connectivity index (χ1v) is 6.13. The molecule has 0 N–H and O–H groups in total. The minimum absolute atomic E-state index is 1.24. The molecule has 1 heterocycles. The minimum Gasteiger partial charge on any atom is -0.303 e. The number of nitrogens with zero attached hydrogens (tertiary/aromatic N) is 1. The second-order valence-electron chi connectivity index (χ2n) is 4.58. The average molecular weight is 203 g/mol. The number of hydrogen-bond acceptors (Lipinski definition) is 1. The molecular weight excluding hydrogens is 182 g/mol. The molecule has 0 spiro atoms. The molecule has 1 aliphatic heterocycles. The molecule has 1 nitrogen and oxygen atoms in total. The largest absolute Gasteiger partial charge is 0.303 e. The molecule has 0 aliphatic carbocycles. The summed E-state index contributed by atoms with van der Waals surface area (Å²) >= 11 is 0. The van der Waals surface area contributed by atoms with Crippen LogP contribution in [0.3, 0.4) is 0 Å². The maximum atomic E-state index is 2.60. The lowest BCUT2D eigenvalue weighted by molar-refractivity contribution is 0.334. The van der Waals surface area contributed by atoms with Crippen LogP contribution < -0.4 is 0 Å². The zero-order valence-corrected chi connectivity index (χ0v) is 9.71. The summed E-state index contributed by atoms with van der Waals surface area (Å²) in [6, 6.07) is 8.75. The van der Waals surface area contributed by atoms with Crippen LogP contribution in [0.25, 0.3) is 0 Å². The number of rotatable bonds is 4. The Balaban J connectivity index is 1.75. The van der Waals surface area contributed by atoms with Crippen molar-refractivity contribution in [2.45, 2.75) is 32.6 Å². The molecule has 0 aromatic heterocycles. The zero-order chi connectivity index (χ0) is 10.5. The molecule has 1 heteroatoms. The average Bonchev–Trinajstić information content (AvgIpc) is 2.74. The highest BCUT2D eigenvalue weighted by molar-refractivity contribution is 5.25. The Labute approximate surface area is 93.1 Å². The van der Waals surface area contributed by atoms with Gasteiger partial charge in [-0.1, -0.05) is 24.3 Å². The zero-order valence-electron chi connectivity index (χ0n) is 9.71. The summed E-state index contributed by atoms with van der Waals surface area (Å²) in [4.78, 5) is 2.60. The first-order chi connectivity index (χ1) is 7.36. The third-order valence-corrected chi connectivity index (χ3v) is 3.38. The molecular formula is C14H21N.